The molecule has 0 fully saturated rings. The van der Waals surface area contributed by atoms with Gasteiger partial charge in [0.05, 0.1) is 16.0 Å². The fraction of sp³-hybridized carbons (Fsp3) is 0.600. The van der Waals surface area contributed by atoms with Crippen LogP contribution in [0.25, 0.3) is 0 Å². The van der Waals surface area contributed by atoms with Crippen LogP contribution in [0.5, 0.6) is 0 Å². The lowest BCUT2D eigenvalue weighted by Crippen LogP contribution is -2.34. The van der Waals surface area contributed by atoms with E-state index >= 15 is 0 Å². The highest BCUT2D eigenvalue weighted by Crippen LogP contribution is 2.24. The zero-order valence-corrected chi connectivity index (χ0v) is 12.9. The molecule has 2 N–H and O–H groups in total. The van der Waals surface area contributed by atoms with E-state index in [2.05, 4.69) is 32.9 Å². The Balaban J connectivity index is 2.89. The maximum Gasteiger partial charge on any atom is 0.0573 e. The molecule has 1 aromatic carbocycles. The maximum absolute atomic E-state index is 12.3. The van der Waals surface area contributed by atoms with Gasteiger partial charge >= 0.3 is 0 Å². The zero-order valence-electron chi connectivity index (χ0n) is 12.1. The third-order valence-electron chi connectivity index (χ3n) is 3.36. The van der Waals surface area contributed by atoms with E-state index in [1.54, 1.807) is 0 Å². The van der Waals surface area contributed by atoms with Gasteiger partial charge < -0.3 is 5.73 Å². The van der Waals surface area contributed by atoms with Gasteiger partial charge in [0.25, 0.3) is 0 Å². The van der Waals surface area contributed by atoms with Crippen molar-refractivity contribution in [3.63, 3.8) is 0 Å². The van der Waals surface area contributed by atoms with Crippen molar-refractivity contribution >= 4 is 10.8 Å². The molecule has 3 heteroatoms. The second-order valence-electron chi connectivity index (χ2n) is 5.85. The summed E-state index contributed by atoms with van der Waals surface area (Å²) >= 11 is 0. The fourth-order valence-corrected chi connectivity index (χ4v) is 3.14. The van der Waals surface area contributed by atoms with Gasteiger partial charge in [-0.15, -0.1) is 0 Å². The summed E-state index contributed by atoms with van der Waals surface area (Å²) in [6, 6.07) is 8.06. The Morgan fingerprint density at radius 1 is 1.22 bits per heavy atom. The molecule has 0 aliphatic carbocycles. The van der Waals surface area contributed by atoms with Crippen LogP contribution in [0.3, 0.4) is 0 Å². The van der Waals surface area contributed by atoms with Gasteiger partial charge in [-0.1, -0.05) is 39.8 Å². The first-order chi connectivity index (χ1) is 8.27. The van der Waals surface area contributed by atoms with Gasteiger partial charge in [-0.3, -0.25) is 4.21 Å². The molecule has 1 aromatic rings. The van der Waals surface area contributed by atoms with Crippen molar-refractivity contribution in [3.05, 3.63) is 29.8 Å². The molecule has 18 heavy (non-hydrogen) atoms. The van der Waals surface area contributed by atoms with Gasteiger partial charge in [-0.2, -0.15) is 0 Å². The second kappa shape index (κ2) is 5.98. The molecule has 0 saturated heterocycles. The van der Waals surface area contributed by atoms with E-state index < -0.39 is 10.8 Å². The van der Waals surface area contributed by atoms with Gasteiger partial charge in [-0.25, -0.2) is 0 Å². The smallest absolute Gasteiger partial charge is 0.0573 e. The first-order valence-electron chi connectivity index (χ1n) is 6.54. The van der Waals surface area contributed by atoms with Crippen LogP contribution in [0.1, 0.15) is 46.6 Å². The topological polar surface area (TPSA) is 43.1 Å². The number of hydrogen-bond donors (Lipinski definition) is 1. The highest BCUT2D eigenvalue weighted by atomic mass is 32.2. The van der Waals surface area contributed by atoms with Gasteiger partial charge in [0, 0.05) is 10.9 Å². The average molecular weight is 267 g/mol. The van der Waals surface area contributed by atoms with Crippen LogP contribution >= 0.6 is 0 Å². The normalized spacial score (nSPS) is 17.2. The molecule has 0 saturated carbocycles. The van der Waals surface area contributed by atoms with Gasteiger partial charge in [0.15, 0.2) is 0 Å². The van der Waals surface area contributed by atoms with E-state index in [0.29, 0.717) is 0 Å². The summed E-state index contributed by atoms with van der Waals surface area (Å²) in [5.41, 5.74) is 7.35. The Hall–Kier alpha value is -0.670. The predicted molar refractivity (Wildman–Crippen MR) is 79.3 cm³/mol. The SMILES string of the molecule is CCC(N)C(C)S(=O)c1ccc(C(C)(C)C)cc1. The molecular weight excluding hydrogens is 242 g/mol. The minimum Gasteiger partial charge on any atom is -0.327 e. The van der Waals surface area contributed by atoms with Gasteiger partial charge in [-0.05, 0) is 36.5 Å². The van der Waals surface area contributed by atoms with Crippen molar-refractivity contribution in [2.45, 2.75) is 62.6 Å². The van der Waals surface area contributed by atoms with Crippen LogP contribution < -0.4 is 5.73 Å². The molecule has 0 bridgehead atoms. The van der Waals surface area contributed by atoms with Crippen molar-refractivity contribution in [1.29, 1.82) is 0 Å². The molecule has 0 spiro atoms. The summed E-state index contributed by atoms with van der Waals surface area (Å²) in [4.78, 5) is 0.874. The summed E-state index contributed by atoms with van der Waals surface area (Å²) in [5, 5.41) is -0.00418. The Kier molecular flexibility index (Phi) is 5.11. The molecule has 0 aromatic heterocycles. The van der Waals surface area contributed by atoms with Crippen molar-refractivity contribution in [3.8, 4) is 0 Å². The second-order valence-corrected chi connectivity index (χ2v) is 7.66. The zero-order chi connectivity index (χ0) is 13.9. The minimum atomic E-state index is -1.02. The third kappa shape index (κ3) is 3.66. The monoisotopic (exact) mass is 267 g/mol. The Labute approximate surface area is 113 Å². The van der Waals surface area contributed by atoms with Gasteiger partial charge in [0.1, 0.15) is 0 Å². The van der Waals surface area contributed by atoms with Crippen LogP contribution in [0.15, 0.2) is 29.2 Å². The quantitative estimate of drug-likeness (QED) is 0.910. The Morgan fingerprint density at radius 2 is 1.72 bits per heavy atom. The lowest BCUT2D eigenvalue weighted by atomic mass is 9.87. The molecule has 3 atom stereocenters. The molecule has 0 aliphatic heterocycles. The van der Waals surface area contributed by atoms with Crippen LogP contribution in [-0.2, 0) is 16.2 Å². The summed E-state index contributed by atoms with van der Waals surface area (Å²) in [7, 11) is -1.02. The minimum absolute atomic E-state index is 0.00418. The van der Waals surface area contributed by atoms with Crippen LogP contribution in [0, 0.1) is 0 Å². The number of nitrogens with two attached hydrogens (primary N) is 1. The van der Waals surface area contributed by atoms with Gasteiger partial charge in [0.2, 0.25) is 0 Å². The molecule has 0 radical (unpaired) electrons. The Morgan fingerprint density at radius 3 is 2.11 bits per heavy atom. The molecule has 102 valence electrons. The number of benzene rings is 1. The summed E-state index contributed by atoms with van der Waals surface area (Å²) in [5.74, 6) is 0. The van der Waals surface area contributed by atoms with Crippen molar-refractivity contribution < 1.29 is 4.21 Å². The highest BCUT2D eigenvalue weighted by Gasteiger charge is 2.20. The third-order valence-corrected chi connectivity index (χ3v) is 5.13. The largest absolute Gasteiger partial charge is 0.327 e. The first-order valence-corrected chi connectivity index (χ1v) is 7.75. The first kappa shape index (κ1) is 15.4. The molecule has 0 aliphatic rings. The number of hydrogen-bond acceptors (Lipinski definition) is 2. The van der Waals surface area contributed by atoms with Crippen LogP contribution in [0.4, 0.5) is 0 Å². The summed E-state index contributed by atoms with van der Waals surface area (Å²) in [6.45, 7) is 10.5. The summed E-state index contributed by atoms with van der Waals surface area (Å²) in [6.07, 6.45) is 0.854. The van der Waals surface area contributed by atoms with E-state index in [1.807, 2.05) is 26.0 Å². The van der Waals surface area contributed by atoms with Crippen LogP contribution in [0.2, 0.25) is 0 Å². The van der Waals surface area contributed by atoms with Crippen molar-refractivity contribution in [1.82, 2.24) is 0 Å². The maximum atomic E-state index is 12.3. The van der Waals surface area contributed by atoms with E-state index in [4.69, 9.17) is 5.73 Å². The Bertz CT molecular complexity index is 405. The highest BCUT2D eigenvalue weighted by molar-refractivity contribution is 7.85. The standard InChI is InChI=1S/C15H25NOS/c1-6-14(16)11(2)18(17)13-9-7-12(8-10-13)15(3,4)5/h7-11,14H,6,16H2,1-5H3. The van der Waals surface area contributed by atoms with E-state index in [1.165, 1.54) is 5.56 Å². The molecule has 0 amide bonds. The summed E-state index contributed by atoms with van der Waals surface area (Å²) < 4.78 is 12.3. The predicted octanol–water partition coefficient (Wildman–Crippen LogP) is 3.22. The lowest BCUT2D eigenvalue weighted by Gasteiger charge is -2.21. The molecule has 3 unspecified atom stereocenters. The van der Waals surface area contributed by atoms with Crippen molar-refractivity contribution in [2.75, 3.05) is 0 Å². The number of rotatable bonds is 4. The van der Waals surface area contributed by atoms with Crippen molar-refractivity contribution in [2.24, 2.45) is 5.73 Å². The molecular formula is C15H25NOS. The molecule has 2 nitrogen and oxygen atoms in total. The lowest BCUT2D eigenvalue weighted by molar-refractivity contribution is 0.589. The van der Waals surface area contributed by atoms with Crippen LogP contribution in [-0.4, -0.2) is 15.5 Å². The fourth-order valence-electron chi connectivity index (χ4n) is 1.79. The van der Waals surface area contributed by atoms with E-state index in [0.717, 1.165) is 11.3 Å². The van der Waals surface area contributed by atoms with E-state index in [-0.39, 0.29) is 16.7 Å². The molecule has 0 heterocycles. The average Bonchev–Trinajstić information content (AvgIpc) is 2.35. The van der Waals surface area contributed by atoms with E-state index in [9.17, 15) is 4.21 Å². The molecule has 1 rings (SSSR count).